The number of rotatable bonds is 12. The summed E-state index contributed by atoms with van der Waals surface area (Å²) in [4.78, 5) is 16.9. The van der Waals surface area contributed by atoms with E-state index < -0.39 is 0 Å². The molecule has 0 aliphatic carbocycles. The number of amides is 1. The molecule has 0 saturated carbocycles. The average molecular weight is 410 g/mol. The van der Waals surface area contributed by atoms with Crippen molar-refractivity contribution in [2.45, 2.75) is 25.7 Å². The van der Waals surface area contributed by atoms with Gasteiger partial charge in [0.1, 0.15) is 0 Å². The van der Waals surface area contributed by atoms with E-state index in [9.17, 15) is 4.79 Å². The van der Waals surface area contributed by atoms with Gasteiger partial charge in [-0.05, 0) is 43.5 Å². The van der Waals surface area contributed by atoms with Gasteiger partial charge in [-0.15, -0.1) is 0 Å². The first-order valence-electron chi connectivity index (χ1n) is 11.2. The third-order valence-electron chi connectivity index (χ3n) is 5.54. The fraction of sp³-hybridized carbons (Fsp3) is 0.480. The molecule has 1 amide bonds. The summed E-state index contributed by atoms with van der Waals surface area (Å²) in [6.07, 6.45) is 3.25. The molecule has 30 heavy (non-hydrogen) atoms. The molecule has 0 spiro atoms. The van der Waals surface area contributed by atoms with Crippen LogP contribution in [0.1, 0.15) is 24.8 Å². The van der Waals surface area contributed by atoms with E-state index in [0.717, 1.165) is 58.5 Å². The van der Waals surface area contributed by atoms with Gasteiger partial charge in [0, 0.05) is 51.4 Å². The Labute approximate surface area is 181 Å². The molecular formula is C25H35N3O2. The second-order valence-corrected chi connectivity index (χ2v) is 7.82. The number of nitrogens with zero attached hydrogens (tertiary/aromatic N) is 2. The molecule has 2 aromatic rings. The van der Waals surface area contributed by atoms with Gasteiger partial charge in [-0.25, -0.2) is 0 Å². The summed E-state index contributed by atoms with van der Waals surface area (Å²) in [7, 11) is 0. The predicted molar refractivity (Wildman–Crippen MR) is 123 cm³/mol. The van der Waals surface area contributed by atoms with Gasteiger partial charge in [0.05, 0.1) is 6.61 Å². The summed E-state index contributed by atoms with van der Waals surface area (Å²) < 4.78 is 5.64. The number of anilines is 1. The third kappa shape index (κ3) is 8.17. The molecule has 1 aliphatic heterocycles. The standard InChI is InChI=1S/C25H35N3O2/c29-25(13-7-21-30-22-14-23-9-3-1-4-10-23)26-15-8-16-27-17-19-28(20-18-27)24-11-5-2-6-12-24/h1-6,9-12H,7-8,13-22H2,(H,26,29). The fourth-order valence-corrected chi connectivity index (χ4v) is 3.76. The molecule has 3 rings (SSSR count). The Morgan fingerprint density at radius 2 is 1.57 bits per heavy atom. The van der Waals surface area contributed by atoms with Gasteiger partial charge in [0.15, 0.2) is 0 Å². The number of hydrogen-bond acceptors (Lipinski definition) is 4. The van der Waals surface area contributed by atoms with Crippen molar-refractivity contribution < 1.29 is 9.53 Å². The Bertz CT molecular complexity index is 716. The van der Waals surface area contributed by atoms with Crippen LogP contribution in [0.5, 0.6) is 0 Å². The van der Waals surface area contributed by atoms with E-state index in [-0.39, 0.29) is 5.91 Å². The number of carbonyl (C=O) groups excluding carboxylic acids is 1. The summed E-state index contributed by atoms with van der Waals surface area (Å²) >= 11 is 0. The van der Waals surface area contributed by atoms with Crippen molar-refractivity contribution in [3.63, 3.8) is 0 Å². The van der Waals surface area contributed by atoms with E-state index in [2.05, 4.69) is 57.6 Å². The van der Waals surface area contributed by atoms with Crippen LogP contribution in [0.25, 0.3) is 0 Å². The van der Waals surface area contributed by atoms with Gasteiger partial charge in [-0.1, -0.05) is 48.5 Å². The average Bonchev–Trinajstić information content (AvgIpc) is 2.81. The van der Waals surface area contributed by atoms with E-state index in [1.54, 1.807) is 0 Å². The SMILES string of the molecule is O=C(CCCOCCc1ccccc1)NCCCN1CCN(c2ccccc2)CC1. The molecule has 0 atom stereocenters. The topological polar surface area (TPSA) is 44.8 Å². The lowest BCUT2D eigenvalue weighted by atomic mass is 10.2. The maximum Gasteiger partial charge on any atom is 0.220 e. The van der Waals surface area contributed by atoms with Gasteiger partial charge in [0.2, 0.25) is 5.91 Å². The zero-order chi connectivity index (χ0) is 20.9. The van der Waals surface area contributed by atoms with Crippen LogP contribution in [-0.4, -0.2) is 63.3 Å². The van der Waals surface area contributed by atoms with Crippen LogP contribution in [0, 0.1) is 0 Å². The largest absolute Gasteiger partial charge is 0.381 e. The smallest absolute Gasteiger partial charge is 0.220 e. The summed E-state index contributed by atoms with van der Waals surface area (Å²) in [5, 5.41) is 3.04. The summed E-state index contributed by atoms with van der Waals surface area (Å²) in [6.45, 7) is 7.47. The molecule has 0 radical (unpaired) electrons. The van der Waals surface area contributed by atoms with Crippen molar-refractivity contribution >= 4 is 11.6 Å². The van der Waals surface area contributed by atoms with Crippen molar-refractivity contribution in [2.24, 2.45) is 0 Å². The first-order chi connectivity index (χ1) is 14.8. The van der Waals surface area contributed by atoms with E-state index in [4.69, 9.17) is 4.74 Å². The number of carbonyl (C=O) groups is 1. The molecule has 2 aromatic carbocycles. The van der Waals surface area contributed by atoms with Crippen molar-refractivity contribution in [1.82, 2.24) is 10.2 Å². The molecule has 1 heterocycles. The summed E-state index contributed by atoms with van der Waals surface area (Å²) in [5.41, 5.74) is 2.60. The Morgan fingerprint density at radius 3 is 2.30 bits per heavy atom. The second-order valence-electron chi connectivity index (χ2n) is 7.82. The molecule has 1 N–H and O–H groups in total. The predicted octanol–water partition coefficient (Wildman–Crippen LogP) is 3.35. The maximum absolute atomic E-state index is 12.0. The highest BCUT2D eigenvalue weighted by molar-refractivity contribution is 5.75. The molecule has 0 unspecified atom stereocenters. The molecule has 162 valence electrons. The van der Waals surface area contributed by atoms with Crippen molar-refractivity contribution in [2.75, 3.05) is 57.4 Å². The maximum atomic E-state index is 12.0. The van der Waals surface area contributed by atoms with Gasteiger partial charge >= 0.3 is 0 Å². The lowest BCUT2D eigenvalue weighted by molar-refractivity contribution is -0.121. The molecule has 5 heteroatoms. The number of benzene rings is 2. The molecule has 5 nitrogen and oxygen atoms in total. The van der Waals surface area contributed by atoms with E-state index >= 15 is 0 Å². The van der Waals surface area contributed by atoms with Crippen molar-refractivity contribution in [3.05, 3.63) is 66.2 Å². The van der Waals surface area contributed by atoms with Gasteiger partial charge < -0.3 is 15.0 Å². The molecule has 1 aliphatic rings. The van der Waals surface area contributed by atoms with Crippen LogP contribution in [0.4, 0.5) is 5.69 Å². The monoisotopic (exact) mass is 409 g/mol. The van der Waals surface area contributed by atoms with Gasteiger partial charge in [-0.2, -0.15) is 0 Å². The minimum atomic E-state index is 0.135. The quantitative estimate of drug-likeness (QED) is 0.546. The summed E-state index contributed by atoms with van der Waals surface area (Å²) in [5.74, 6) is 0.135. The number of hydrogen-bond donors (Lipinski definition) is 1. The lowest BCUT2D eigenvalue weighted by Crippen LogP contribution is -2.47. The number of piperazine rings is 1. The first-order valence-corrected chi connectivity index (χ1v) is 11.2. The van der Waals surface area contributed by atoms with E-state index in [1.807, 2.05) is 18.2 Å². The number of ether oxygens (including phenoxy) is 1. The molecule has 0 bridgehead atoms. The first kappa shape index (κ1) is 22.3. The van der Waals surface area contributed by atoms with Gasteiger partial charge in [-0.3, -0.25) is 9.69 Å². The van der Waals surface area contributed by atoms with Crippen LogP contribution in [-0.2, 0) is 16.0 Å². The zero-order valence-corrected chi connectivity index (χ0v) is 18.0. The van der Waals surface area contributed by atoms with Crippen LogP contribution in [0.15, 0.2) is 60.7 Å². The van der Waals surface area contributed by atoms with Crippen LogP contribution in [0.2, 0.25) is 0 Å². The third-order valence-corrected chi connectivity index (χ3v) is 5.54. The van der Waals surface area contributed by atoms with Crippen molar-refractivity contribution in [1.29, 1.82) is 0 Å². The van der Waals surface area contributed by atoms with Crippen LogP contribution < -0.4 is 10.2 Å². The van der Waals surface area contributed by atoms with Gasteiger partial charge in [0.25, 0.3) is 0 Å². The lowest BCUT2D eigenvalue weighted by Gasteiger charge is -2.36. The molecular weight excluding hydrogens is 374 g/mol. The van der Waals surface area contributed by atoms with E-state index in [1.165, 1.54) is 11.3 Å². The zero-order valence-electron chi connectivity index (χ0n) is 18.0. The second kappa shape index (κ2) is 13.0. The fourth-order valence-electron chi connectivity index (χ4n) is 3.76. The normalized spacial score (nSPS) is 14.6. The Morgan fingerprint density at radius 1 is 0.867 bits per heavy atom. The van der Waals surface area contributed by atoms with Crippen LogP contribution >= 0.6 is 0 Å². The molecule has 0 aromatic heterocycles. The number of para-hydroxylation sites is 1. The Kier molecular flexibility index (Phi) is 9.70. The van der Waals surface area contributed by atoms with Crippen molar-refractivity contribution in [3.8, 4) is 0 Å². The highest BCUT2D eigenvalue weighted by atomic mass is 16.5. The van der Waals surface area contributed by atoms with E-state index in [0.29, 0.717) is 19.6 Å². The van der Waals surface area contributed by atoms with Crippen LogP contribution in [0.3, 0.4) is 0 Å². The highest BCUT2D eigenvalue weighted by Crippen LogP contribution is 2.15. The minimum absolute atomic E-state index is 0.135. The Hall–Kier alpha value is -2.37. The highest BCUT2D eigenvalue weighted by Gasteiger charge is 2.16. The number of nitrogens with one attached hydrogen (secondary N) is 1. The molecule has 1 saturated heterocycles. The molecule has 1 fully saturated rings. The summed E-state index contributed by atoms with van der Waals surface area (Å²) in [6, 6.07) is 21.0. The minimum Gasteiger partial charge on any atom is -0.381 e. The Balaban J connectivity index is 1.15.